The van der Waals surface area contributed by atoms with Crippen LogP contribution in [0.5, 0.6) is 0 Å². The minimum absolute atomic E-state index is 0.166. The lowest BCUT2D eigenvalue weighted by Crippen LogP contribution is -2.49. The number of likely N-dealkylation sites (tertiary alicyclic amines) is 1. The van der Waals surface area contributed by atoms with E-state index in [1.165, 1.54) is 19.0 Å². The first kappa shape index (κ1) is 28.3. The standard InChI is InChI=1S/C24H49FN4OSi/c1-9-10-24(25)15-29(22(8)26)18-27-17-28-13-11-23(12-14-28)16-30-31(19(2)3,20(4)5)21(6)7/h15,19-21,23,26-27H,9-14,16-18H2,1-8H3. The minimum atomic E-state index is -1.78. The predicted molar refractivity (Wildman–Crippen MR) is 134 cm³/mol. The van der Waals surface area contributed by atoms with Crippen LogP contribution in [-0.2, 0) is 4.43 Å². The SMILES string of the molecule is CCCC(F)=CN(CNCN1CCC(CO[Si](C(C)C)(C(C)C)C(C)C)CC1)C(C)=N. The Labute approximate surface area is 192 Å². The predicted octanol–water partition coefficient (Wildman–Crippen LogP) is 6.31. The molecule has 0 saturated carbocycles. The van der Waals surface area contributed by atoms with Gasteiger partial charge in [0.15, 0.2) is 8.32 Å². The Morgan fingerprint density at radius 1 is 1.16 bits per heavy atom. The van der Waals surface area contributed by atoms with Gasteiger partial charge in [-0.1, -0.05) is 48.5 Å². The molecule has 1 rings (SSSR count). The number of rotatable bonds is 13. The van der Waals surface area contributed by atoms with Crippen molar-refractivity contribution in [1.29, 1.82) is 5.41 Å². The van der Waals surface area contributed by atoms with E-state index in [0.29, 0.717) is 41.5 Å². The molecule has 0 bridgehead atoms. The highest BCUT2D eigenvalue weighted by atomic mass is 28.4. The van der Waals surface area contributed by atoms with Crippen molar-refractivity contribution in [3.8, 4) is 0 Å². The van der Waals surface area contributed by atoms with Crippen molar-refractivity contribution >= 4 is 14.2 Å². The summed E-state index contributed by atoms with van der Waals surface area (Å²) in [6, 6.07) is 0. The third-order valence-corrected chi connectivity index (χ3v) is 12.9. The van der Waals surface area contributed by atoms with Gasteiger partial charge in [0.25, 0.3) is 0 Å². The van der Waals surface area contributed by atoms with Gasteiger partial charge < -0.3 is 9.33 Å². The maximum atomic E-state index is 13.8. The summed E-state index contributed by atoms with van der Waals surface area (Å²) in [5.41, 5.74) is 1.90. The van der Waals surface area contributed by atoms with E-state index in [2.05, 4.69) is 51.8 Å². The average Bonchev–Trinajstić information content (AvgIpc) is 2.68. The van der Waals surface area contributed by atoms with Gasteiger partial charge in [0.1, 0.15) is 5.83 Å². The van der Waals surface area contributed by atoms with E-state index in [1.54, 1.807) is 11.8 Å². The Bertz CT molecular complexity index is 538. The highest BCUT2D eigenvalue weighted by Crippen LogP contribution is 2.42. The smallest absolute Gasteiger partial charge is 0.200 e. The van der Waals surface area contributed by atoms with Gasteiger partial charge in [0, 0.05) is 25.9 Å². The summed E-state index contributed by atoms with van der Waals surface area (Å²) in [6.07, 6.45) is 4.98. The van der Waals surface area contributed by atoms with Crippen molar-refractivity contribution in [2.24, 2.45) is 5.92 Å². The lowest BCUT2D eigenvalue weighted by Gasteiger charge is -2.43. The molecule has 2 N–H and O–H groups in total. The molecule has 0 aromatic heterocycles. The molecule has 0 aromatic carbocycles. The van der Waals surface area contributed by atoms with Crippen LogP contribution in [0.3, 0.4) is 0 Å². The zero-order valence-electron chi connectivity index (χ0n) is 21.4. The molecular formula is C24H49FN4OSi. The second-order valence-corrected chi connectivity index (χ2v) is 15.6. The molecule has 0 aliphatic carbocycles. The topological polar surface area (TPSA) is 51.6 Å². The summed E-state index contributed by atoms with van der Waals surface area (Å²) in [4.78, 5) is 4.05. The largest absolute Gasteiger partial charge is 0.416 e. The Morgan fingerprint density at radius 2 is 1.71 bits per heavy atom. The zero-order valence-corrected chi connectivity index (χ0v) is 22.4. The third-order valence-electron chi connectivity index (χ3n) is 6.82. The molecule has 182 valence electrons. The number of nitrogens with zero attached hydrogens (tertiary/aromatic N) is 2. The van der Waals surface area contributed by atoms with Gasteiger partial charge in [-0.3, -0.25) is 15.6 Å². The molecule has 0 spiro atoms. The van der Waals surface area contributed by atoms with Crippen LogP contribution < -0.4 is 5.32 Å². The highest BCUT2D eigenvalue weighted by Gasteiger charge is 2.45. The van der Waals surface area contributed by atoms with E-state index in [4.69, 9.17) is 9.84 Å². The van der Waals surface area contributed by atoms with Gasteiger partial charge in [0.05, 0.1) is 12.5 Å². The van der Waals surface area contributed by atoms with Crippen molar-refractivity contribution in [1.82, 2.24) is 15.1 Å². The van der Waals surface area contributed by atoms with Crippen molar-refractivity contribution in [3.63, 3.8) is 0 Å². The molecule has 1 heterocycles. The number of hydrogen-bond donors (Lipinski definition) is 2. The Balaban J connectivity index is 2.46. The summed E-state index contributed by atoms with van der Waals surface area (Å²) in [6.45, 7) is 22.0. The van der Waals surface area contributed by atoms with E-state index in [9.17, 15) is 4.39 Å². The molecule has 1 aliphatic heterocycles. The summed E-state index contributed by atoms with van der Waals surface area (Å²) in [5.74, 6) is 0.828. The molecule has 0 amide bonds. The fourth-order valence-electron chi connectivity index (χ4n) is 5.14. The minimum Gasteiger partial charge on any atom is -0.416 e. The van der Waals surface area contributed by atoms with Gasteiger partial charge in [-0.25, -0.2) is 4.39 Å². The lowest BCUT2D eigenvalue weighted by molar-refractivity contribution is 0.124. The molecule has 0 aromatic rings. The van der Waals surface area contributed by atoms with E-state index in [1.807, 2.05) is 6.92 Å². The second kappa shape index (κ2) is 13.7. The molecule has 1 fully saturated rings. The van der Waals surface area contributed by atoms with Gasteiger partial charge in [-0.2, -0.15) is 0 Å². The summed E-state index contributed by atoms with van der Waals surface area (Å²) >= 11 is 0. The fourth-order valence-corrected chi connectivity index (χ4v) is 10.7. The van der Waals surface area contributed by atoms with Crippen LogP contribution in [0, 0.1) is 11.3 Å². The van der Waals surface area contributed by atoms with Crippen molar-refractivity contribution in [2.75, 3.05) is 33.0 Å². The van der Waals surface area contributed by atoms with Crippen molar-refractivity contribution in [3.05, 3.63) is 12.0 Å². The highest BCUT2D eigenvalue weighted by molar-refractivity contribution is 6.77. The van der Waals surface area contributed by atoms with Crippen LogP contribution in [0.4, 0.5) is 4.39 Å². The normalized spacial score (nSPS) is 17.2. The maximum Gasteiger partial charge on any atom is 0.200 e. The van der Waals surface area contributed by atoms with Crippen LogP contribution in [0.25, 0.3) is 0 Å². The summed E-state index contributed by atoms with van der Waals surface area (Å²) in [7, 11) is -1.78. The first-order valence-corrected chi connectivity index (χ1v) is 14.4. The van der Waals surface area contributed by atoms with E-state index in [-0.39, 0.29) is 5.83 Å². The Hall–Kier alpha value is -0.763. The number of hydrogen-bond acceptors (Lipinski definition) is 4. The monoisotopic (exact) mass is 456 g/mol. The molecule has 0 atom stereocenters. The first-order chi connectivity index (χ1) is 14.5. The van der Waals surface area contributed by atoms with Gasteiger partial charge in [-0.15, -0.1) is 0 Å². The van der Waals surface area contributed by atoms with Crippen LogP contribution in [-0.4, -0.2) is 57.0 Å². The van der Waals surface area contributed by atoms with Crippen molar-refractivity contribution in [2.45, 2.75) is 97.7 Å². The summed E-state index contributed by atoms with van der Waals surface area (Å²) < 4.78 is 20.6. The maximum absolute atomic E-state index is 13.8. The van der Waals surface area contributed by atoms with E-state index < -0.39 is 8.32 Å². The number of amidine groups is 1. The van der Waals surface area contributed by atoms with E-state index >= 15 is 0 Å². The molecule has 7 heteroatoms. The zero-order chi connectivity index (χ0) is 23.6. The number of allylic oxidation sites excluding steroid dienone is 1. The lowest BCUT2D eigenvalue weighted by atomic mass is 9.98. The third kappa shape index (κ3) is 8.59. The Kier molecular flexibility index (Phi) is 12.5. The molecule has 0 radical (unpaired) electrons. The quantitative estimate of drug-likeness (QED) is 0.148. The molecule has 5 nitrogen and oxygen atoms in total. The molecule has 1 saturated heterocycles. The van der Waals surface area contributed by atoms with Crippen LogP contribution >= 0.6 is 0 Å². The van der Waals surface area contributed by atoms with Crippen LogP contribution in [0.2, 0.25) is 16.6 Å². The molecule has 0 unspecified atom stereocenters. The van der Waals surface area contributed by atoms with Crippen molar-refractivity contribution < 1.29 is 8.82 Å². The average molecular weight is 457 g/mol. The number of halogens is 1. The second-order valence-electron chi connectivity index (χ2n) is 10.1. The summed E-state index contributed by atoms with van der Waals surface area (Å²) in [5, 5.41) is 11.2. The van der Waals surface area contributed by atoms with Gasteiger partial charge in [0.2, 0.25) is 0 Å². The van der Waals surface area contributed by atoms with Gasteiger partial charge in [-0.05, 0) is 61.8 Å². The van der Waals surface area contributed by atoms with E-state index in [0.717, 1.165) is 32.8 Å². The Morgan fingerprint density at radius 3 is 2.16 bits per heavy atom. The number of piperidine rings is 1. The first-order valence-electron chi connectivity index (χ1n) is 12.3. The molecule has 31 heavy (non-hydrogen) atoms. The van der Waals surface area contributed by atoms with Gasteiger partial charge >= 0.3 is 0 Å². The molecular weight excluding hydrogens is 407 g/mol. The number of nitrogens with one attached hydrogen (secondary N) is 2. The molecule has 1 aliphatic rings. The van der Waals surface area contributed by atoms with Crippen LogP contribution in [0.1, 0.15) is 81.1 Å². The van der Waals surface area contributed by atoms with Crippen LogP contribution in [0.15, 0.2) is 12.0 Å². The fraction of sp³-hybridized carbons (Fsp3) is 0.875.